The Morgan fingerprint density at radius 1 is 1.23 bits per heavy atom. The largest absolute Gasteiger partial charge is 0.454 e. The van der Waals surface area contributed by atoms with Gasteiger partial charge < -0.3 is 19.8 Å². The van der Waals surface area contributed by atoms with Gasteiger partial charge in [0.1, 0.15) is 5.82 Å². The molecule has 1 amide bonds. The quantitative estimate of drug-likeness (QED) is 0.640. The Morgan fingerprint density at radius 3 is 3.03 bits per heavy atom. The van der Waals surface area contributed by atoms with E-state index in [4.69, 9.17) is 9.47 Å². The number of aromatic amines is 1. The fraction of sp³-hybridized carbons (Fsp3) is 0.333. The molecule has 160 valence electrons. The normalized spacial score (nSPS) is 17.8. The third-order valence-corrected chi connectivity index (χ3v) is 5.88. The number of nitrogens with one attached hydrogen (secondary N) is 2. The summed E-state index contributed by atoms with van der Waals surface area (Å²) in [5.41, 5.74) is 4.35. The number of hydrogen-bond donors (Lipinski definition) is 2. The number of imidazole rings is 1. The van der Waals surface area contributed by atoms with Crippen molar-refractivity contribution >= 4 is 5.91 Å². The monoisotopic (exact) mass is 418 g/mol. The molecule has 5 rings (SSSR count). The van der Waals surface area contributed by atoms with Crippen molar-refractivity contribution in [2.75, 3.05) is 19.9 Å². The highest BCUT2D eigenvalue weighted by Crippen LogP contribution is 2.33. The van der Waals surface area contributed by atoms with Gasteiger partial charge in [-0.15, -0.1) is 0 Å². The van der Waals surface area contributed by atoms with Crippen LogP contribution in [0.5, 0.6) is 11.5 Å². The Labute approximate surface area is 181 Å². The Hall–Kier alpha value is -3.32. The van der Waals surface area contributed by atoms with E-state index in [1.165, 1.54) is 5.56 Å². The summed E-state index contributed by atoms with van der Waals surface area (Å²) >= 11 is 0. The number of hydrogen-bond acceptors (Lipinski definition) is 5. The highest BCUT2D eigenvalue weighted by Gasteiger charge is 2.29. The number of nitrogens with zero attached hydrogens (tertiary/aromatic N) is 2. The summed E-state index contributed by atoms with van der Waals surface area (Å²) in [7, 11) is 0. The molecule has 0 bridgehead atoms. The van der Waals surface area contributed by atoms with Crippen LogP contribution in [0, 0.1) is 6.92 Å². The van der Waals surface area contributed by atoms with Gasteiger partial charge in [0.15, 0.2) is 11.5 Å². The standard InChI is InChI=1S/C24H26N4O3/c1-16-4-2-5-18(10-16)19-13-26-24(27-19)20-6-3-9-28(20)14-23(29)25-12-17-7-8-21-22(11-17)31-15-30-21/h2,4-5,7-8,10-11,13,20H,3,6,9,12,14-15H2,1H3,(H,25,29)(H,26,27)/t20-/m1/s1. The number of aryl methyl sites for hydroxylation is 1. The molecule has 1 atom stereocenters. The van der Waals surface area contributed by atoms with Gasteiger partial charge in [0.2, 0.25) is 12.7 Å². The van der Waals surface area contributed by atoms with E-state index in [2.05, 4.69) is 51.4 Å². The van der Waals surface area contributed by atoms with Crippen molar-refractivity contribution in [2.45, 2.75) is 32.4 Å². The van der Waals surface area contributed by atoms with Gasteiger partial charge in [-0.05, 0) is 55.6 Å². The summed E-state index contributed by atoms with van der Waals surface area (Å²) in [6.45, 7) is 4.05. The molecule has 2 aromatic carbocycles. The summed E-state index contributed by atoms with van der Waals surface area (Å²) in [5, 5.41) is 3.02. The highest BCUT2D eigenvalue weighted by molar-refractivity contribution is 5.78. The Bertz CT molecular complexity index is 1090. The number of likely N-dealkylation sites (tertiary alicyclic amines) is 1. The van der Waals surface area contributed by atoms with E-state index >= 15 is 0 Å². The molecule has 2 aliphatic rings. The predicted octanol–water partition coefficient (Wildman–Crippen LogP) is 3.57. The molecule has 1 saturated heterocycles. The zero-order chi connectivity index (χ0) is 21.2. The lowest BCUT2D eigenvalue weighted by Gasteiger charge is -2.22. The van der Waals surface area contributed by atoms with Crippen molar-refractivity contribution in [3.05, 3.63) is 65.6 Å². The number of fused-ring (bicyclic) bond motifs is 1. The van der Waals surface area contributed by atoms with Crippen LogP contribution < -0.4 is 14.8 Å². The summed E-state index contributed by atoms with van der Waals surface area (Å²) in [4.78, 5) is 22.9. The van der Waals surface area contributed by atoms with Gasteiger partial charge in [0, 0.05) is 6.54 Å². The molecule has 7 nitrogen and oxygen atoms in total. The van der Waals surface area contributed by atoms with Gasteiger partial charge in [-0.3, -0.25) is 9.69 Å². The van der Waals surface area contributed by atoms with Gasteiger partial charge in [-0.2, -0.15) is 0 Å². The molecule has 3 aromatic rings. The Morgan fingerprint density at radius 2 is 2.13 bits per heavy atom. The zero-order valence-electron chi connectivity index (χ0n) is 17.6. The maximum atomic E-state index is 12.6. The van der Waals surface area contributed by atoms with Crippen LogP contribution in [0.2, 0.25) is 0 Å². The number of carbonyl (C=O) groups is 1. The summed E-state index contributed by atoms with van der Waals surface area (Å²) < 4.78 is 10.7. The molecule has 1 aromatic heterocycles. The van der Waals surface area contributed by atoms with E-state index in [0.29, 0.717) is 13.1 Å². The summed E-state index contributed by atoms with van der Waals surface area (Å²) in [5.74, 6) is 2.42. The van der Waals surface area contributed by atoms with Crippen LogP contribution in [0.4, 0.5) is 0 Å². The fourth-order valence-electron chi connectivity index (χ4n) is 4.28. The third kappa shape index (κ3) is 4.27. The predicted molar refractivity (Wildman–Crippen MR) is 117 cm³/mol. The molecule has 31 heavy (non-hydrogen) atoms. The van der Waals surface area contributed by atoms with Crippen LogP contribution in [0.15, 0.2) is 48.7 Å². The van der Waals surface area contributed by atoms with Crippen LogP contribution in [0.25, 0.3) is 11.3 Å². The van der Waals surface area contributed by atoms with Crippen molar-refractivity contribution in [3.63, 3.8) is 0 Å². The molecular weight excluding hydrogens is 392 g/mol. The maximum absolute atomic E-state index is 12.6. The second-order valence-electron chi connectivity index (χ2n) is 8.14. The molecule has 2 aliphatic heterocycles. The van der Waals surface area contributed by atoms with Crippen LogP contribution in [0.1, 0.15) is 35.8 Å². The van der Waals surface area contributed by atoms with E-state index in [1.807, 2.05) is 24.4 Å². The topological polar surface area (TPSA) is 79.5 Å². The first-order valence-electron chi connectivity index (χ1n) is 10.7. The average Bonchev–Trinajstić information content (AvgIpc) is 3.52. The van der Waals surface area contributed by atoms with Gasteiger partial charge in [-0.25, -0.2) is 4.98 Å². The van der Waals surface area contributed by atoms with E-state index < -0.39 is 0 Å². The summed E-state index contributed by atoms with van der Waals surface area (Å²) in [6, 6.07) is 14.2. The molecule has 7 heteroatoms. The molecule has 1 fully saturated rings. The third-order valence-electron chi connectivity index (χ3n) is 5.88. The summed E-state index contributed by atoms with van der Waals surface area (Å²) in [6.07, 6.45) is 3.94. The number of benzene rings is 2. The SMILES string of the molecule is Cc1cccc(-c2cnc([C@H]3CCCN3CC(=O)NCc3ccc4c(c3)OCO4)[nH]2)c1. The minimum absolute atomic E-state index is 0.00929. The maximum Gasteiger partial charge on any atom is 0.234 e. The number of amides is 1. The van der Waals surface area contributed by atoms with Crippen molar-refractivity contribution < 1.29 is 14.3 Å². The zero-order valence-corrected chi connectivity index (χ0v) is 17.6. The van der Waals surface area contributed by atoms with Crippen molar-refractivity contribution in [1.29, 1.82) is 0 Å². The lowest BCUT2D eigenvalue weighted by Crippen LogP contribution is -2.36. The number of aromatic nitrogens is 2. The minimum Gasteiger partial charge on any atom is -0.454 e. The van der Waals surface area contributed by atoms with E-state index in [1.54, 1.807) is 0 Å². The van der Waals surface area contributed by atoms with E-state index in [-0.39, 0.29) is 18.7 Å². The fourth-order valence-corrected chi connectivity index (χ4v) is 4.28. The van der Waals surface area contributed by atoms with Crippen molar-refractivity contribution in [2.24, 2.45) is 0 Å². The minimum atomic E-state index is 0.00929. The van der Waals surface area contributed by atoms with E-state index in [9.17, 15) is 4.79 Å². The average molecular weight is 418 g/mol. The highest BCUT2D eigenvalue weighted by atomic mass is 16.7. The lowest BCUT2D eigenvalue weighted by molar-refractivity contribution is -0.122. The molecular formula is C24H26N4O3. The first-order valence-corrected chi connectivity index (χ1v) is 10.7. The molecule has 0 unspecified atom stereocenters. The van der Waals surface area contributed by atoms with Crippen LogP contribution in [-0.4, -0.2) is 40.7 Å². The lowest BCUT2D eigenvalue weighted by atomic mass is 10.1. The van der Waals surface area contributed by atoms with Crippen molar-refractivity contribution in [1.82, 2.24) is 20.2 Å². The van der Waals surface area contributed by atoms with Crippen LogP contribution >= 0.6 is 0 Å². The van der Waals surface area contributed by atoms with Gasteiger partial charge >= 0.3 is 0 Å². The molecule has 0 aliphatic carbocycles. The second-order valence-corrected chi connectivity index (χ2v) is 8.14. The van der Waals surface area contributed by atoms with Gasteiger partial charge in [-0.1, -0.05) is 29.8 Å². The Kier molecular flexibility index (Phi) is 5.34. The Balaban J connectivity index is 1.20. The molecule has 2 N–H and O–H groups in total. The number of ether oxygens (including phenoxy) is 2. The number of carbonyl (C=O) groups excluding carboxylic acids is 1. The smallest absolute Gasteiger partial charge is 0.234 e. The molecule has 0 spiro atoms. The molecule has 0 saturated carbocycles. The number of rotatable bonds is 6. The van der Waals surface area contributed by atoms with Gasteiger partial charge in [0.25, 0.3) is 0 Å². The van der Waals surface area contributed by atoms with Crippen molar-refractivity contribution in [3.8, 4) is 22.8 Å². The first kappa shape index (κ1) is 19.6. The van der Waals surface area contributed by atoms with Crippen LogP contribution in [-0.2, 0) is 11.3 Å². The molecule has 0 radical (unpaired) electrons. The van der Waals surface area contributed by atoms with Crippen LogP contribution in [0.3, 0.4) is 0 Å². The first-order chi connectivity index (χ1) is 15.2. The van der Waals surface area contributed by atoms with E-state index in [0.717, 1.165) is 53.5 Å². The van der Waals surface area contributed by atoms with Gasteiger partial charge in [0.05, 0.1) is 24.5 Å². The number of H-pyrrole nitrogens is 1. The second kappa shape index (κ2) is 8.43. The molecule has 3 heterocycles.